The number of hydrogen-bond donors (Lipinski definition) is 1. The van der Waals surface area contributed by atoms with Crippen molar-refractivity contribution in [2.75, 3.05) is 0 Å². The molecule has 4 atom stereocenters. The third-order valence-electron chi connectivity index (χ3n) is 3.17. The van der Waals surface area contributed by atoms with Gasteiger partial charge in [-0.05, 0) is 25.7 Å². The predicted molar refractivity (Wildman–Crippen MR) is 44.3 cm³/mol. The Hall–Kier alpha value is -0.0800. The van der Waals surface area contributed by atoms with E-state index in [0.717, 1.165) is 6.42 Å². The normalized spacial score (nSPS) is 44.7. The first-order valence-electron chi connectivity index (χ1n) is 4.72. The standard InChI is InChI=1S/C9H17NO/c1-2-8(10)7-5-6-3-4-9(7)11-6/h6-9H,2-5,10H2,1H3/t6?,7?,8-,9?/m0/s1. The van der Waals surface area contributed by atoms with Crippen LogP contribution in [-0.4, -0.2) is 18.2 Å². The van der Waals surface area contributed by atoms with Crippen molar-refractivity contribution in [2.24, 2.45) is 11.7 Å². The van der Waals surface area contributed by atoms with Gasteiger partial charge in [-0.25, -0.2) is 0 Å². The van der Waals surface area contributed by atoms with Crippen LogP contribution in [0, 0.1) is 5.92 Å². The van der Waals surface area contributed by atoms with Crippen molar-refractivity contribution in [3.05, 3.63) is 0 Å². The Bertz CT molecular complexity index is 148. The van der Waals surface area contributed by atoms with Crippen molar-refractivity contribution in [2.45, 2.75) is 50.9 Å². The zero-order chi connectivity index (χ0) is 7.84. The molecular weight excluding hydrogens is 138 g/mol. The molecule has 0 saturated carbocycles. The van der Waals surface area contributed by atoms with E-state index in [9.17, 15) is 0 Å². The summed E-state index contributed by atoms with van der Waals surface area (Å²) in [6.45, 7) is 2.16. The van der Waals surface area contributed by atoms with Gasteiger partial charge in [0.1, 0.15) is 0 Å². The SMILES string of the molecule is CC[C@H](N)C1CC2CCC1O2. The Labute approximate surface area is 68.1 Å². The smallest absolute Gasteiger partial charge is 0.0623 e. The Kier molecular flexibility index (Phi) is 1.90. The van der Waals surface area contributed by atoms with Crippen LogP contribution in [0.3, 0.4) is 0 Å². The largest absolute Gasteiger partial charge is 0.375 e. The van der Waals surface area contributed by atoms with Gasteiger partial charge in [0.2, 0.25) is 0 Å². The van der Waals surface area contributed by atoms with Crippen LogP contribution in [0.2, 0.25) is 0 Å². The molecule has 2 rings (SSSR count). The van der Waals surface area contributed by atoms with Crippen LogP contribution in [0.5, 0.6) is 0 Å². The predicted octanol–water partition coefficient (Wildman–Crippen LogP) is 1.29. The van der Waals surface area contributed by atoms with Crippen LogP contribution < -0.4 is 5.73 Å². The van der Waals surface area contributed by atoms with E-state index in [4.69, 9.17) is 10.5 Å². The fraction of sp³-hybridized carbons (Fsp3) is 1.00. The first-order chi connectivity index (χ1) is 5.31. The van der Waals surface area contributed by atoms with Crippen LogP contribution >= 0.6 is 0 Å². The zero-order valence-electron chi connectivity index (χ0n) is 7.12. The third kappa shape index (κ3) is 1.18. The summed E-state index contributed by atoms with van der Waals surface area (Å²) in [5, 5.41) is 0. The quantitative estimate of drug-likeness (QED) is 0.652. The van der Waals surface area contributed by atoms with Crippen LogP contribution in [0.1, 0.15) is 32.6 Å². The molecule has 2 fully saturated rings. The highest BCUT2D eigenvalue weighted by molar-refractivity contribution is 4.93. The molecule has 2 aliphatic heterocycles. The molecule has 0 aromatic heterocycles. The number of fused-ring (bicyclic) bond motifs is 2. The van der Waals surface area contributed by atoms with Gasteiger partial charge in [0.25, 0.3) is 0 Å². The summed E-state index contributed by atoms with van der Waals surface area (Å²) >= 11 is 0. The van der Waals surface area contributed by atoms with E-state index in [0.29, 0.717) is 24.2 Å². The van der Waals surface area contributed by atoms with Gasteiger partial charge < -0.3 is 10.5 Å². The van der Waals surface area contributed by atoms with Gasteiger partial charge in [-0.1, -0.05) is 6.92 Å². The maximum Gasteiger partial charge on any atom is 0.0623 e. The molecule has 2 heterocycles. The number of hydrogen-bond acceptors (Lipinski definition) is 2. The number of ether oxygens (including phenoxy) is 1. The molecule has 2 N–H and O–H groups in total. The van der Waals surface area contributed by atoms with Crippen molar-refractivity contribution in [3.8, 4) is 0 Å². The Morgan fingerprint density at radius 1 is 1.55 bits per heavy atom. The summed E-state index contributed by atoms with van der Waals surface area (Å²) in [5.74, 6) is 0.666. The maximum atomic E-state index is 5.98. The molecule has 0 aromatic carbocycles. The van der Waals surface area contributed by atoms with Crippen molar-refractivity contribution in [1.82, 2.24) is 0 Å². The van der Waals surface area contributed by atoms with Gasteiger partial charge in [-0.2, -0.15) is 0 Å². The summed E-state index contributed by atoms with van der Waals surface area (Å²) in [6.07, 6.45) is 5.91. The topological polar surface area (TPSA) is 35.2 Å². The molecule has 0 aliphatic carbocycles. The van der Waals surface area contributed by atoms with Gasteiger partial charge >= 0.3 is 0 Å². The highest BCUT2D eigenvalue weighted by Gasteiger charge is 2.42. The van der Waals surface area contributed by atoms with E-state index >= 15 is 0 Å². The zero-order valence-corrected chi connectivity index (χ0v) is 7.12. The highest BCUT2D eigenvalue weighted by Crippen LogP contribution is 2.40. The maximum absolute atomic E-state index is 5.98. The third-order valence-corrected chi connectivity index (χ3v) is 3.17. The molecule has 0 amide bonds. The van der Waals surface area contributed by atoms with Gasteiger partial charge in [-0.15, -0.1) is 0 Å². The molecule has 0 spiro atoms. The van der Waals surface area contributed by atoms with Gasteiger partial charge in [-0.3, -0.25) is 0 Å². The number of nitrogens with two attached hydrogens (primary N) is 1. The van der Waals surface area contributed by atoms with Gasteiger partial charge in [0, 0.05) is 12.0 Å². The second-order valence-electron chi connectivity index (χ2n) is 3.85. The Balaban J connectivity index is 1.96. The molecule has 3 unspecified atom stereocenters. The van der Waals surface area contributed by atoms with Crippen LogP contribution in [-0.2, 0) is 4.74 Å². The average molecular weight is 155 g/mol. The first-order valence-corrected chi connectivity index (χ1v) is 4.72. The second kappa shape index (κ2) is 2.76. The summed E-state index contributed by atoms with van der Waals surface area (Å²) in [6, 6.07) is 0.380. The molecule has 2 bridgehead atoms. The minimum absolute atomic E-state index is 0.380. The monoisotopic (exact) mass is 155 g/mol. The van der Waals surface area contributed by atoms with Crippen molar-refractivity contribution >= 4 is 0 Å². The summed E-state index contributed by atoms with van der Waals surface area (Å²) in [4.78, 5) is 0. The molecular formula is C9H17NO. The van der Waals surface area contributed by atoms with Crippen molar-refractivity contribution < 1.29 is 4.74 Å². The number of rotatable bonds is 2. The lowest BCUT2D eigenvalue weighted by molar-refractivity contribution is 0.0882. The molecule has 11 heavy (non-hydrogen) atoms. The van der Waals surface area contributed by atoms with Crippen molar-refractivity contribution in [3.63, 3.8) is 0 Å². The molecule has 64 valence electrons. The van der Waals surface area contributed by atoms with E-state index in [2.05, 4.69) is 6.92 Å². The minimum Gasteiger partial charge on any atom is -0.375 e. The molecule has 0 aromatic rings. The Morgan fingerprint density at radius 2 is 2.36 bits per heavy atom. The van der Waals surface area contributed by atoms with Crippen molar-refractivity contribution in [1.29, 1.82) is 0 Å². The summed E-state index contributed by atoms with van der Waals surface area (Å²) < 4.78 is 5.73. The van der Waals surface area contributed by atoms with Crippen LogP contribution in [0.25, 0.3) is 0 Å². The van der Waals surface area contributed by atoms with E-state index in [1.54, 1.807) is 0 Å². The lowest BCUT2D eigenvalue weighted by Crippen LogP contribution is -2.35. The van der Waals surface area contributed by atoms with E-state index in [-0.39, 0.29) is 0 Å². The van der Waals surface area contributed by atoms with E-state index in [1.165, 1.54) is 19.3 Å². The Morgan fingerprint density at radius 3 is 2.82 bits per heavy atom. The highest BCUT2D eigenvalue weighted by atomic mass is 16.5. The lowest BCUT2D eigenvalue weighted by Gasteiger charge is -2.23. The van der Waals surface area contributed by atoms with Crippen LogP contribution in [0.15, 0.2) is 0 Å². The van der Waals surface area contributed by atoms with Gasteiger partial charge in [0.15, 0.2) is 0 Å². The minimum atomic E-state index is 0.380. The second-order valence-corrected chi connectivity index (χ2v) is 3.85. The fourth-order valence-electron chi connectivity index (χ4n) is 2.43. The molecule has 2 saturated heterocycles. The average Bonchev–Trinajstić information content (AvgIpc) is 2.62. The van der Waals surface area contributed by atoms with E-state index < -0.39 is 0 Å². The summed E-state index contributed by atoms with van der Waals surface area (Å²) in [7, 11) is 0. The van der Waals surface area contributed by atoms with Gasteiger partial charge in [0.05, 0.1) is 12.2 Å². The molecule has 0 radical (unpaired) electrons. The lowest BCUT2D eigenvalue weighted by atomic mass is 9.83. The van der Waals surface area contributed by atoms with E-state index in [1.807, 2.05) is 0 Å². The molecule has 2 nitrogen and oxygen atoms in total. The molecule has 2 aliphatic rings. The molecule has 2 heteroatoms. The van der Waals surface area contributed by atoms with Crippen LogP contribution in [0.4, 0.5) is 0 Å². The fourth-order valence-corrected chi connectivity index (χ4v) is 2.43. The first kappa shape index (κ1) is 7.56. The summed E-state index contributed by atoms with van der Waals surface area (Å²) in [5.41, 5.74) is 5.98.